The van der Waals surface area contributed by atoms with E-state index in [9.17, 15) is 4.79 Å². The van der Waals surface area contributed by atoms with Gasteiger partial charge in [-0.05, 0) is 36.6 Å². The van der Waals surface area contributed by atoms with E-state index >= 15 is 0 Å². The van der Waals surface area contributed by atoms with Crippen LogP contribution in [0.25, 0.3) is 0 Å². The Balaban J connectivity index is 1.67. The zero-order chi connectivity index (χ0) is 20.4. The van der Waals surface area contributed by atoms with E-state index in [0.29, 0.717) is 15.8 Å². The van der Waals surface area contributed by atoms with Crippen LogP contribution in [-0.2, 0) is 4.79 Å². The maximum absolute atomic E-state index is 13.1. The number of rotatable bonds is 4. The van der Waals surface area contributed by atoms with E-state index in [1.165, 1.54) is 6.42 Å². The Morgan fingerprint density at radius 2 is 1.79 bits per heavy atom. The summed E-state index contributed by atoms with van der Waals surface area (Å²) in [6.07, 6.45) is 3.41. The molecule has 0 bridgehead atoms. The van der Waals surface area contributed by atoms with Crippen LogP contribution in [0.15, 0.2) is 53.6 Å². The fourth-order valence-electron chi connectivity index (χ4n) is 4.04. The smallest absolute Gasteiger partial charge is 0.282 e. The standard InChI is InChI=1S/C22H24Cl2N4O/c1-15-20(22(29)26-27-12-6-3-7-13-27)25-28(19-11-10-17(23)14-18(19)24)21(15)16-8-4-2-5-9-16/h2,4-5,8-11,14-15,21H,3,6-7,12-13H2,1H3,(H,26,29). The quantitative estimate of drug-likeness (QED) is 0.736. The molecular weight excluding hydrogens is 407 g/mol. The van der Waals surface area contributed by atoms with Crippen LogP contribution >= 0.6 is 23.2 Å². The Hall–Kier alpha value is -2.08. The number of carbonyl (C=O) groups is 1. The Bertz CT molecular complexity index is 912. The van der Waals surface area contributed by atoms with Gasteiger partial charge in [-0.2, -0.15) is 5.10 Å². The monoisotopic (exact) mass is 430 g/mol. The van der Waals surface area contributed by atoms with Gasteiger partial charge in [-0.3, -0.25) is 15.2 Å². The van der Waals surface area contributed by atoms with Crippen molar-refractivity contribution in [1.82, 2.24) is 10.4 Å². The molecule has 1 N–H and O–H groups in total. The van der Waals surface area contributed by atoms with Crippen molar-refractivity contribution >= 4 is 40.5 Å². The van der Waals surface area contributed by atoms with Crippen molar-refractivity contribution in [2.24, 2.45) is 11.0 Å². The molecule has 0 radical (unpaired) electrons. The van der Waals surface area contributed by atoms with E-state index < -0.39 is 0 Å². The predicted octanol–water partition coefficient (Wildman–Crippen LogP) is 5.06. The van der Waals surface area contributed by atoms with Crippen molar-refractivity contribution in [3.8, 4) is 0 Å². The second-order valence-electron chi connectivity index (χ2n) is 7.56. The first-order chi connectivity index (χ1) is 14.0. The van der Waals surface area contributed by atoms with Crippen molar-refractivity contribution in [3.63, 3.8) is 0 Å². The van der Waals surface area contributed by atoms with Crippen LogP contribution in [0.1, 0.15) is 37.8 Å². The van der Waals surface area contributed by atoms with E-state index in [2.05, 4.69) is 17.6 Å². The summed E-state index contributed by atoms with van der Waals surface area (Å²) >= 11 is 12.6. The Labute approximate surface area is 181 Å². The summed E-state index contributed by atoms with van der Waals surface area (Å²) < 4.78 is 0. The first-order valence-corrected chi connectivity index (χ1v) is 10.7. The fraction of sp³-hybridized carbons (Fsp3) is 0.364. The molecule has 5 nitrogen and oxygen atoms in total. The normalized spacial score (nSPS) is 22.4. The van der Waals surface area contributed by atoms with Crippen LogP contribution in [0, 0.1) is 5.92 Å². The molecule has 7 heteroatoms. The molecule has 0 aliphatic carbocycles. The highest BCUT2D eigenvalue weighted by molar-refractivity contribution is 6.41. The van der Waals surface area contributed by atoms with Gasteiger partial charge in [0, 0.05) is 24.0 Å². The molecule has 2 aliphatic rings. The highest BCUT2D eigenvalue weighted by Gasteiger charge is 2.40. The molecule has 1 fully saturated rings. The van der Waals surface area contributed by atoms with Crippen LogP contribution in [-0.4, -0.2) is 29.7 Å². The van der Waals surface area contributed by atoms with Crippen molar-refractivity contribution in [3.05, 3.63) is 64.1 Å². The van der Waals surface area contributed by atoms with E-state index in [4.69, 9.17) is 28.3 Å². The third-order valence-corrected chi connectivity index (χ3v) is 6.07. The van der Waals surface area contributed by atoms with Gasteiger partial charge in [0.15, 0.2) is 0 Å². The van der Waals surface area contributed by atoms with Gasteiger partial charge in [0.2, 0.25) is 0 Å². The zero-order valence-electron chi connectivity index (χ0n) is 16.3. The lowest BCUT2D eigenvalue weighted by Gasteiger charge is -2.28. The van der Waals surface area contributed by atoms with Crippen molar-refractivity contribution in [2.75, 3.05) is 18.1 Å². The van der Waals surface area contributed by atoms with E-state index in [0.717, 1.165) is 37.2 Å². The molecule has 2 heterocycles. The summed E-state index contributed by atoms with van der Waals surface area (Å²) in [5.41, 5.74) is 5.36. The molecule has 2 aromatic carbocycles. The summed E-state index contributed by atoms with van der Waals surface area (Å²) in [5.74, 6) is -0.248. The maximum Gasteiger partial charge on any atom is 0.282 e. The number of carbonyl (C=O) groups excluding carboxylic acids is 1. The van der Waals surface area contributed by atoms with Gasteiger partial charge in [0.05, 0.1) is 16.8 Å². The van der Waals surface area contributed by atoms with Crippen LogP contribution in [0.5, 0.6) is 0 Å². The highest BCUT2D eigenvalue weighted by Crippen LogP contribution is 2.42. The number of nitrogens with one attached hydrogen (secondary N) is 1. The Morgan fingerprint density at radius 3 is 2.48 bits per heavy atom. The van der Waals surface area contributed by atoms with Gasteiger partial charge < -0.3 is 0 Å². The number of hydrazine groups is 1. The van der Waals surface area contributed by atoms with Gasteiger partial charge in [0.1, 0.15) is 5.71 Å². The molecule has 2 unspecified atom stereocenters. The molecule has 2 aromatic rings. The lowest BCUT2D eigenvalue weighted by Crippen LogP contribution is -2.48. The van der Waals surface area contributed by atoms with E-state index in [-0.39, 0.29) is 17.9 Å². The van der Waals surface area contributed by atoms with Crippen LogP contribution in [0.3, 0.4) is 0 Å². The second kappa shape index (κ2) is 8.74. The largest absolute Gasteiger partial charge is 0.284 e. The number of benzene rings is 2. The molecule has 1 saturated heterocycles. The molecule has 4 rings (SSSR count). The lowest BCUT2D eigenvalue weighted by atomic mass is 9.91. The molecule has 1 amide bonds. The summed E-state index contributed by atoms with van der Waals surface area (Å²) in [6, 6.07) is 15.3. The number of hydrogen-bond acceptors (Lipinski definition) is 4. The van der Waals surface area contributed by atoms with E-state index in [1.807, 2.05) is 41.2 Å². The van der Waals surface area contributed by atoms with Crippen molar-refractivity contribution < 1.29 is 4.79 Å². The van der Waals surface area contributed by atoms with Crippen LogP contribution < -0.4 is 10.4 Å². The average molecular weight is 431 g/mol. The molecule has 2 aliphatic heterocycles. The zero-order valence-corrected chi connectivity index (χ0v) is 17.8. The molecule has 29 heavy (non-hydrogen) atoms. The SMILES string of the molecule is CC1C(C(=O)NN2CCCCC2)=NN(c2ccc(Cl)cc2Cl)C1c1ccccc1. The topological polar surface area (TPSA) is 47.9 Å². The van der Waals surface area contributed by atoms with Crippen LogP contribution in [0.2, 0.25) is 10.0 Å². The van der Waals surface area contributed by atoms with Crippen LogP contribution in [0.4, 0.5) is 5.69 Å². The van der Waals surface area contributed by atoms with Gasteiger partial charge in [-0.15, -0.1) is 0 Å². The Morgan fingerprint density at radius 1 is 1.07 bits per heavy atom. The fourth-order valence-corrected chi connectivity index (χ4v) is 4.54. The van der Waals surface area contributed by atoms with Gasteiger partial charge in [-0.25, -0.2) is 5.01 Å². The summed E-state index contributed by atoms with van der Waals surface area (Å²) in [7, 11) is 0. The number of anilines is 1. The molecule has 0 aromatic heterocycles. The van der Waals surface area contributed by atoms with Crippen molar-refractivity contribution in [2.45, 2.75) is 32.2 Å². The minimum Gasteiger partial charge on any atom is -0.284 e. The third kappa shape index (κ3) is 4.27. The first-order valence-electron chi connectivity index (χ1n) is 9.98. The molecule has 2 atom stereocenters. The number of halogens is 2. The summed E-state index contributed by atoms with van der Waals surface area (Å²) in [6.45, 7) is 3.79. The van der Waals surface area contributed by atoms with Gasteiger partial charge in [-0.1, -0.05) is 66.9 Å². The van der Waals surface area contributed by atoms with Gasteiger partial charge >= 0.3 is 0 Å². The average Bonchev–Trinajstić information content (AvgIpc) is 3.06. The van der Waals surface area contributed by atoms with E-state index in [1.54, 1.807) is 12.1 Å². The highest BCUT2D eigenvalue weighted by atomic mass is 35.5. The minimum absolute atomic E-state index is 0.103. The molecule has 152 valence electrons. The number of hydrazone groups is 1. The second-order valence-corrected chi connectivity index (χ2v) is 8.40. The molecule has 0 saturated carbocycles. The predicted molar refractivity (Wildman–Crippen MR) is 118 cm³/mol. The van der Waals surface area contributed by atoms with Gasteiger partial charge in [0.25, 0.3) is 5.91 Å². The lowest BCUT2D eigenvalue weighted by molar-refractivity contribution is -0.120. The van der Waals surface area contributed by atoms with Crippen molar-refractivity contribution in [1.29, 1.82) is 0 Å². The molecule has 0 spiro atoms. The number of nitrogens with zero attached hydrogens (tertiary/aromatic N) is 3. The number of amides is 1. The summed E-state index contributed by atoms with van der Waals surface area (Å²) in [5, 5.41) is 9.66. The third-order valence-electron chi connectivity index (χ3n) is 5.53. The number of hydrogen-bond donors (Lipinski definition) is 1. The summed E-state index contributed by atoms with van der Waals surface area (Å²) in [4.78, 5) is 13.1. The number of piperidine rings is 1. The maximum atomic E-state index is 13.1. The first kappa shape index (κ1) is 20.2. The molecular formula is C22H24Cl2N4O. The Kier molecular flexibility index (Phi) is 6.09. The minimum atomic E-state index is -0.145.